The van der Waals surface area contributed by atoms with Crippen LogP contribution in [-0.2, 0) is 0 Å². The number of rotatable bonds is 2. The predicted octanol–water partition coefficient (Wildman–Crippen LogP) is 1.95. The molecule has 0 aromatic carbocycles. The maximum atomic E-state index is 12.4. The summed E-state index contributed by atoms with van der Waals surface area (Å²) >= 11 is 5.41. The first-order chi connectivity index (χ1) is 6.43. The molecular formula is C7H5ClF2N2O2. The lowest BCUT2D eigenvalue weighted by Crippen LogP contribution is -2.09. The Morgan fingerprint density at radius 1 is 1.64 bits per heavy atom. The molecule has 1 aromatic heterocycles. The molecule has 1 heterocycles. The minimum absolute atomic E-state index is 0.211. The smallest absolute Gasteiger partial charge is 0.355 e. The molecule has 0 fully saturated rings. The summed E-state index contributed by atoms with van der Waals surface area (Å²) in [4.78, 5) is 13.8. The van der Waals surface area contributed by atoms with Crippen LogP contribution in [0.3, 0.4) is 0 Å². The van der Waals surface area contributed by atoms with Crippen molar-refractivity contribution in [1.82, 2.24) is 4.98 Å². The summed E-state index contributed by atoms with van der Waals surface area (Å²) in [7, 11) is 0. The third kappa shape index (κ3) is 1.90. The molecule has 1 aromatic rings. The maximum absolute atomic E-state index is 12.4. The number of carbonyl (C=O) groups is 1. The Morgan fingerprint density at radius 3 is 2.64 bits per heavy atom. The number of anilines is 1. The van der Waals surface area contributed by atoms with E-state index in [4.69, 9.17) is 22.4 Å². The van der Waals surface area contributed by atoms with Gasteiger partial charge in [-0.1, -0.05) is 11.6 Å². The standard InChI is InChI=1S/C7H5ClF2N2O2/c8-2-1-3(11)12-5(7(13)14)4(2)6(9)10/h1,6H,(H2,11,12)(H,13,14). The van der Waals surface area contributed by atoms with Gasteiger partial charge in [-0.15, -0.1) is 0 Å². The largest absolute Gasteiger partial charge is 0.476 e. The molecule has 0 bridgehead atoms. The van der Waals surface area contributed by atoms with E-state index in [2.05, 4.69) is 4.98 Å². The van der Waals surface area contributed by atoms with E-state index in [1.165, 1.54) is 0 Å². The van der Waals surface area contributed by atoms with Crippen molar-refractivity contribution >= 4 is 23.4 Å². The molecule has 0 atom stereocenters. The number of halogens is 3. The van der Waals surface area contributed by atoms with Crippen LogP contribution in [0, 0.1) is 0 Å². The zero-order chi connectivity index (χ0) is 10.9. The molecule has 7 heteroatoms. The van der Waals surface area contributed by atoms with Crippen LogP contribution in [-0.4, -0.2) is 16.1 Å². The summed E-state index contributed by atoms with van der Waals surface area (Å²) in [6.07, 6.45) is -3.00. The van der Waals surface area contributed by atoms with Crippen molar-refractivity contribution in [3.05, 3.63) is 22.3 Å². The lowest BCUT2D eigenvalue weighted by molar-refractivity contribution is 0.0677. The molecule has 0 unspecified atom stereocenters. The number of carboxylic acid groups (broad SMARTS) is 1. The molecule has 76 valence electrons. The van der Waals surface area contributed by atoms with Crippen LogP contribution in [0.4, 0.5) is 14.6 Å². The Morgan fingerprint density at radius 2 is 2.21 bits per heavy atom. The lowest BCUT2D eigenvalue weighted by Gasteiger charge is -2.07. The molecule has 0 spiro atoms. The van der Waals surface area contributed by atoms with Crippen LogP contribution in [0.1, 0.15) is 22.5 Å². The van der Waals surface area contributed by atoms with Gasteiger partial charge in [0.15, 0.2) is 5.69 Å². The second kappa shape index (κ2) is 3.75. The van der Waals surface area contributed by atoms with Crippen molar-refractivity contribution in [2.24, 2.45) is 0 Å². The number of nitrogens with two attached hydrogens (primary N) is 1. The zero-order valence-corrected chi connectivity index (χ0v) is 7.42. The molecule has 0 aliphatic heterocycles. The number of nitrogens with zero attached hydrogens (tertiary/aromatic N) is 1. The van der Waals surface area contributed by atoms with Crippen LogP contribution in [0.2, 0.25) is 5.02 Å². The SMILES string of the molecule is Nc1cc(Cl)c(C(F)F)c(C(=O)O)n1. The van der Waals surface area contributed by atoms with Crippen molar-refractivity contribution in [3.8, 4) is 0 Å². The summed E-state index contributed by atoms with van der Waals surface area (Å²) in [5.41, 5.74) is 3.54. The molecule has 14 heavy (non-hydrogen) atoms. The summed E-state index contributed by atoms with van der Waals surface area (Å²) < 4.78 is 24.7. The minimum atomic E-state index is -3.00. The minimum Gasteiger partial charge on any atom is -0.476 e. The van der Waals surface area contributed by atoms with Crippen molar-refractivity contribution in [1.29, 1.82) is 0 Å². The Hall–Kier alpha value is -1.43. The highest BCUT2D eigenvalue weighted by atomic mass is 35.5. The molecule has 4 nitrogen and oxygen atoms in total. The Bertz CT molecular complexity index is 384. The third-order valence-electron chi connectivity index (χ3n) is 1.45. The van der Waals surface area contributed by atoms with Crippen molar-refractivity contribution in [2.75, 3.05) is 5.73 Å². The highest BCUT2D eigenvalue weighted by Crippen LogP contribution is 2.30. The lowest BCUT2D eigenvalue weighted by atomic mass is 10.2. The Balaban J connectivity index is 3.44. The number of carboxylic acids is 1. The van der Waals surface area contributed by atoms with Crippen molar-refractivity contribution in [2.45, 2.75) is 6.43 Å². The van der Waals surface area contributed by atoms with Gasteiger partial charge in [0.1, 0.15) is 5.82 Å². The van der Waals surface area contributed by atoms with E-state index in [1.807, 2.05) is 0 Å². The molecule has 0 radical (unpaired) electrons. The normalized spacial score (nSPS) is 10.6. The highest BCUT2D eigenvalue weighted by Gasteiger charge is 2.23. The molecule has 0 amide bonds. The molecule has 0 saturated carbocycles. The van der Waals surface area contributed by atoms with E-state index in [-0.39, 0.29) is 5.82 Å². The average molecular weight is 223 g/mol. The third-order valence-corrected chi connectivity index (χ3v) is 1.76. The van der Waals surface area contributed by atoms with Crippen molar-refractivity contribution in [3.63, 3.8) is 0 Å². The van der Waals surface area contributed by atoms with Crippen LogP contribution >= 0.6 is 11.6 Å². The summed E-state index contributed by atoms with van der Waals surface area (Å²) in [6, 6.07) is 0.982. The fraction of sp³-hybridized carbons (Fsp3) is 0.143. The fourth-order valence-corrected chi connectivity index (χ4v) is 1.20. The van der Waals surface area contributed by atoms with Gasteiger partial charge in [-0.3, -0.25) is 0 Å². The molecule has 0 saturated heterocycles. The second-order valence-corrected chi connectivity index (χ2v) is 2.80. The summed E-state index contributed by atoms with van der Waals surface area (Å²) in [6.45, 7) is 0. The summed E-state index contributed by atoms with van der Waals surface area (Å²) in [5, 5.41) is 8.16. The van der Waals surface area contributed by atoms with Crippen LogP contribution in [0.15, 0.2) is 6.07 Å². The Kier molecular flexibility index (Phi) is 2.85. The predicted molar refractivity (Wildman–Crippen MR) is 45.6 cm³/mol. The number of pyridine rings is 1. The van der Waals surface area contributed by atoms with Gasteiger partial charge in [0.2, 0.25) is 0 Å². The zero-order valence-electron chi connectivity index (χ0n) is 6.67. The number of hydrogen-bond acceptors (Lipinski definition) is 3. The number of nitrogen functional groups attached to an aromatic ring is 1. The molecule has 1 rings (SSSR count). The van der Waals surface area contributed by atoms with Gasteiger partial charge in [-0.05, 0) is 6.07 Å². The Labute approximate surface area is 82.3 Å². The number of hydrogen-bond donors (Lipinski definition) is 2. The van der Waals surface area contributed by atoms with Gasteiger partial charge < -0.3 is 10.8 Å². The number of alkyl halides is 2. The first-order valence-corrected chi connectivity index (χ1v) is 3.78. The van der Waals surface area contributed by atoms with E-state index >= 15 is 0 Å². The summed E-state index contributed by atoms with van der Waals surface area (Å²) in [5.74, 6) is -1.80. The van der Waals surface area contributed by atoms with Crippen molar-refractivity contribution < 1.29 is 18.7 Å². The maximum Gasteiger partial charge on any atom is 0.355 e. The molecule has 0 aliphatic carbocycles. The van der Waals surface area contributed by atoms with E-state index in [1.54, 1.807) is 0 Å². The average Bonchev–Trinajstić information content (AvgIpc) is 2.01. The van der Waals surface area contributed by atoms with E-state index < -0.39 is 28.7 Å². The van der Waals surface area contributed by atoms with Crippen LogP contribution in [0.5, 0.6) is 0 Å². The topological polar surface area (TPSA) is 76.2 Å². The van der Waals surface area contributed by atoms with E-state index in [0.717, 1.165) is 6.07 Å². The van der Waals surface area contributed by atoms with Gasteiger partial charge in [-0.2, -0.15) is 0 Å². The number of aromatic nitrogens is 1. The van der Waals surface area contributed by atoms with Gasteiger partial charge in [0.05, 0.1) is 10.6 Å². The molecule has 0 aliphatic rings. The van der Waals surface area contributed by atoms with Gasteiger partial charge in [-0.25, -0.2) is 18.6 Å². The van der Waals surface area contributed by atoms with E-state index in [0.29, 0.717) is 0 Å². The van der Waals surface area contributed by atoms with Crippen LogP contribution in [0.25, 0.3) is 0 Å². The quantitative estimate of drug-likeness (QED) is 0.802. The van der Waals surface area contributed by atoms with Gasteiger partial charge in [0, 0.05) is 0 Å². The van der Waals surface area contributed by atoms with E-state index in [9.17, 15) is 13.6 Å². The molecule has 3 N–H and O–H groups in total. The highest BCUT2D eigenvalue weighted by molar-refractivity contribution is 6.32. The second-order valence-electron chi connectivity index (χ2n) is 2.40. The first-order valence-electron chi connectivity index (χ1n) is 3.41. The fourth-order valence-electron chi connectivity index (χ4n) is 0.913. The number of aromatic carboxylic acids is 1. The molecular weight excluding hydrogens is 218 g/mol. The monoisotopic (exact) mass is 222 g/mol. The van der Waals surface area contributed by atoms with Gasteiger partial charge in [0.25, 0.3) is 6.43 Å². The van der Waals surface area contributed by atoms with Gasteiger partial charge >= 0.3 is 5.97 Å². The first kappa shape index (κ1) is 10.6. The van der Waals surface area contributed by atoms with Crippen LogP contribution < -0.4 is 5.73 Å².